The fourth-order valence-corrected chi connectivity index (χ4v) is 9.32. The molecule has 0 aliphatic heterocycles. The maximum atomic E-state index is 5.77. The molecule has 0 saturated heterocycles. The van der Waals surface area contributed by atoms with E-state index in [-0.39, 0.29) is 0 Å². The Morgan fingerprint density at radius 2 is 1.25 bits per heavy atom. The van der Waals surface area contributed by atoms with Crippen molar-refractivity contribution in [2.24, 2.45) is 0 Å². The summed E-state index contributed by atoms with van der Waals surface area (Å²) in [4.78, 5) is 0. The van der Waals surface area contributed by atoms with Gasteiger partial charge in [0.2, 0.25) is 0 Å². The molecule has 0 fully saturated rings. The standard InChI is InChI=1S/C6H20O3Si3/c1-7-12(6,8-10(2)3)9-11(4)5/h10-11H,1-6H3. The second kappa shape index (κ2) is 5.30. The molecule has 0 aliphatic rings. The van der Waals surface area contributed by atoms with E-state index in [9.17, 15) is 0 Å². The molecule has 0 aromatic rings. The number of hydrogen-bond donors (Lipinski definition) is 0. The molecule has 0 aliphatic carbocycles. The summed E-state index contributed by atoms with van der Waals surface area (Å²) in [7, 11) is -2.62. The number of hydrogen-bond acceptors (Lipinski definition) is 3. The van der Waals surface area contributed by atoms with Gasteiger partial charge in [0.1, 0.15) is 0 Å². The topological polar surface area (TPSA) is 27.7 Å². The first-order valence-electron chi connectivity index (χ1n) is 4.30. The van der Waals surface area contributed by atoms with Crippen molar-refractivity contribution < 1.29 is 12.7 Å². The SMILES string of the molecule is CO[Si](C)(O[SiH](C)C)O[SiH](C)C. The molecule has 6 heteroatoms. The first-order valence-corrected chi connectivity index (χ1v) is 12.1. The van der Waals surface area contributed by atoms with Crippen molar-refractivity contribution in [3.63, 3.8) is 0 Å². The Labute approximate surface area is 79.9 Å². The smallest absolute Gasteiger partial charge is 0.419 e. The van der Waals surface area contributed by atoms with Gasteiger partial charge in [0.25, 0.3) is 0 Å². The molecule has 0 amide bonds. The average molecular weight is 224 g/mol. The quantitative estimate of drug-likeness (QED) is 0.657. The van der Waals surface area contributed by atoms with E-state index in [1.807, 2.05) is 6.55 Å². The van der Waals surface area contributed by atoms with Crippen LogP contribution in [0.25, 0.3) is 0 Å². The molecule has 0 heterocycles. The van der Waals surface area contributed by atoms with E-state index in [1.54, 1.807) is 7.11 Å². The molecule has 0 aromatic heterocycles. The van der Waals surface area contributed by atoms with Crippen LogP contribution < -0.4 is 0 Å². The lowest BCUT2D eigenvalue weighted by molar-refractivity contribution is 0.216. The minimum absolute atomic E-state index is 1.04. The van der Waals surface area contributed by atoms with Crippen LogP contribution in [0.2, 0.25) is 32.7 Å². The van der Waals surface area contributed by atoms with E-state index in [2.05, 4.69) is 26.2 Å². The molecule has 74 valence electrons. The predicted molar refractivity (Wildman–Crippen MR) is 58.6 cm³/mol. The highest BCUT2D eigenvalue weighted by atomic mass is 28.5. The Kier molecular flexibility index (Phi) is 5.54. The Balaban J connectivity index is 4.04. The lowest BCUT2D eigenvalue weighted by Gasteiger charge is -2.28. The summed E-state index contributed by atoms with van der Waals surface area (Å²) >= 11 is 0. The van der Waals surface area contributed by atoms with Crippen LogP contribution in [0.5, 0.6) is 0 Å². The molecule has 0 unspecified atom stereocenters. The normalized spacial score (nSPS) is 13.0. The van der Waals surface area contributed by atoms with Gasteiger partial charge in [-0.15, -0.1) is 0 Å². The Morgan fingerprint density at radius 1 is 0.917 bits per heavy atom. The van der Waals surface area contributed by atoms with Crippen LogP contribution in [0.3, 0.4) is 0 Å². The largest absolute Gasteiger partial charge is 0.476 e. The summed E-state index contributed by atoms with van der Waals surface area (Å²) < 4.78 is 16.9. The fourth-order valence-electron chi connectivity index (χ4n) is 0.980. The van der Waals surface area contributed by atoms with Gasteiger partial charge in [-0.1, -0.05) is 0 Å². The van der Waals surface area contributed by atoms with E-state index in [4.69, 9.17) is 12.7 Å². The third kappa shape index (κ3) is 5.22. The molecule has 0 spiro atoms. The van der Waals surface area contributed by atoms with E-state index >= 15 is 0 Å². The third-order valence-electron chi connectivity index (χ3n) is 1.27. The van der Waals surface area contributed by atoms with Crippen molar-refractivity contribution >= 4 is 26.9 Å². The van der Waals surface area contributed by atoms with Crippen molar-refractivity contribution in [2.75, 3.05) is 7.11 Å². The van der Waals surface area contributed by atoms with Gasteiger partial charge in [-0.3, -0.25) is 0 Å². The lowest BCUT2D eigenvalue weighted by atomic mass is 11.8. The second-order valence-corrected chi connectivity index (χ2v) is 11.6. The zero-order valence-corrected chi connectivity index (χ0v) is 12.2. The summed E-state index contributed by atoms with van der Waals surface area (Å²) in [6.07, 6.45) is 0. The Bertz CT molecular complexity index is 119. The minimum Gasteiger partial charge on any atom is -0.419 e. The summed E-state index contributed by atoms with van der Waals surface area (Å²) in [5.74, 6) is 0. The predicted octanol–water partition coefficient (Wildman–Crippen LogP) is 1.20. The van der Waals surface area contributed by atoms with Gasteiger partial charge < -0.3 is 12.7 Å². The molecule has 0 saturated carbocycles. The Hall–Kier alpha value is 0.531. The number of rotatable bonds is 5. The van der Waals surface area contributed by atoms with Crippen LogP contribution in [0.15, 0.2) is 0 Å². The molecule has 12 heavy (non-hydrogen) atoms. The first-order chi connectivity index (χ1) is 5.39. The highest BCUT2D eigenvalue weighted by molar-refractivity contribution is 6.74. The van der Waals surface area contributed by atoms with Crippen molar-refractivity contribution in [3.05, 3.63) is 0 Å². The van der Waals surface area contributed by atoms with Crippen molar-refractivity contribution in [1.29, 1.82) is 0 Å². The van der Waals surface area contributed by atoms with E-state index in [0.29, 0.717) is 0 Å². The lowest BCUT2D eigenvalue weighted by Crippen LogP contribution is -2.47. The summed E-state index contributed by atoms with van der Waals surface area (Å²) in [5.41, 5.74) is 0. The zero-order valence-electron chi connectivity index (χ0n) is 8.88. The van der Waals surface area contributed by atoms with E-state index in [0.717, 1.165) is 0 Å². The van der Waals surface area contributed by atoms with Gasteiger partial charge in [-0.05, 0) is 26.2 Å². The van der Waals surface area contributed by atoms with Crippen molar-refractivity contribution in [3.8, 4) is 0 Å². The monoisotopic (exact) mass is 224 g/mol. The van der Waals surface area contributed by atoms with Crippen LogP contribution in [0, 0.1) is 0 Å². The maximum Gasteiger partial charge on any atom is 0.476 e. The molecule has 0 atom stereocenters. The van der Waals surface area contributed by atoms with Crippen LogP contribution in [0.1, 0.15) is 0 Å². The highest BCUT2D eigenvalue weighted by Gasteiger charge is 2.34. The highest BCUT2D eigenvalue weighted by Crippen LogP contribution is 2.10. The average Bonchev–Trinajstić information content (AvgIpc) is 1.83. The van der Waals surface area contributed by atoms with Crippen molar-refractivity contribution in [1.82, 2.24) is 0 Å². The van der Waals surface area contributed by atoms with Crippen LogP contribution in [-0.4, -0.2) is 34.0 Å². The summed E-state index contributed by atoms with van der Waals surface area (Å²) in [6, 6.07) is 0. The molecule has 0 N–H and O–H groups in total. The molecular formula is C6H20O3Si3. The fraction of sp³-hybridized carbons (Fsp3) is 1.00. The van der Waals surface area contributed by atoms with Gasteiger partial charge in [0, 0.05) is 13.7 Å². The molecule has 0 radical (unpaired) electrons. The summed E-state index contributed by atoms with van der Waals surface area (Å²) in [6.45, 7) is 10.5. The molecule has 0 aromatic carbocycles. The second-order valence-electron chi connectivity index (χ2n) is 3.40. The third-order valence-corrected chi connectivity index (χ3v) is 9.21. The van der Waals surface area contributed by atoms with Crippen LogP contribution in [0.4, 0.5) is 0 Å². The molecular weight excluding hydrogens is 204 g/mol. The molecule has 3 nitrogen and oxygen atoms in total. The van der Waals surface area contributed by atoms with Crippen molar-refractivity contribution in [2.45, 2.75) is 32.7 Å². The molecule has 0 bridgehead atoms. The van der Waals surface area contributed by atoms with Gasteiger partial charge in [0.15, 0.2) is 18.1 Å². The maximum absolute atomic E-state index is 5.77. The summed E-state index contributed by atoms with van der Waals surface area (Å²) in [5, 5.41) is 0. The van der Waals surface area contributed by atoms with E-state index in [1.165, 1.54) is 0 Å². The first kappa shape index (κ1) is 12.5. The van der Waals surface area contributed by atoms with Gasteiger partial charge in [-0.2, -0.15) is 0 Å². The van der Waals surface area contributed by atoms with Gasteiger partial charge >= 0.3 is 8.80 Å². The van der Waals surface area contributed by atoms with E-state index < -0.39 is 26.9 Å². The zero-order chi connectivity index (χ0) is 9.78. The van der Waals surface area contributed by atoms with Gasteiger partial charge in [0.05, 0.1) is 0 Å². The van der Waals surface area contributed by atoms with Crippen LogP contribution in [-0.2, 0) is 12.7 Å². The van der Waals surface area contributed by atoms with Gasteiger partial charge in [-0.25, -0.2) is 0 Å². The minimum atomic E-state index is -2.23. The Morgan fingerprint density at radius 3 is 1.42 bits per heavy atom. The van der Waals surface area contributed by atoms with Crippen LogP contribution >= 0.6 is 0 Å². The molecule has 0 rings (SSSR count).